The molecule has 2 aromatic rings. The number of anilines is 1. The molecular weight excluding hydrogens is 281 g/mol. The molecule has 0 aliphatic carbocycles. The zero-order valence-corrected chi connectivity index (χ0v) is 12.7. The van der Waals surface area contributed by atoms with E-state index in [1.54, 1.807) is 19.2 Å². The van der Waals surface area contributed by atoms with Crippen molar-refractivity contribution in [3.05, 3.63) is 36.3 Å². The number of fused-ring (bicyclic) bond motifs is 1. The number of hydrogen-bond donors (Lipinski definition) is 1. The molecule has 1 aliphatic heterocycles. The van der Waals surface area contributed by atoms with E-state index in [4.69, 9.17) is 0 Å². The number of pyridine rings is 1. The number of amides is 1. The molecular formula is C17H20FN3O. The number of aromatic nitrogens is 1. The van der Waals surface area contributed by atoms with Crippen molar-refractivity contribution in [3.8, 4) is 0 Å². The Morgan fingerprint density at radius 3 is 2.86 bits per heavy atom. The van der Waals surface area contributed by atoms with Crippen LogP contribution in [0.1, 0.15) is 19.8 Å². The largest absolute Gasteiger partial charge is 0.384 e. The quantitative estimate of drug-likeness (QED) is 0.947. The van der Waals surface area contributed by atoms with Gasteiger partial charge in [-0.2, -0.15) is 0 Å². The Morgan fingerprint density at radius 2 is 2.14 bits per heavy atom. The number of piperidine rings is 1. The lowest BCUT2D eigenvalue weighted by atomic mass is 9.96. The van der Waals surface area contributed by atoms with Crippen molar-refractivity contribution in [1.29, 1.82) is 0 Å². The van der Waals surface area contributed by atoms with E-state index in [-0.39, 0.29) is 11.7 Å². The van der Waals surface area contributed by atoms with Gasteiger partial charge in [0.2, 0.25) is 5.91 Å². The van der Waals surface area contributed by atoms with Gasteiger partial charge in [-0.1, -0.05) is 0 Å². The van der Waals surface area contributed by atoms with Gasteiger partial charge < -0.3 is 10.2 Å². The van der Waals surface area contributed by atoms with Crippen LogP contribution in [0.3, 0.4) is 0 Å². The summed E-state index contributed by atoms with van der Waals surface area (Å²) in [5, 5.41) is 4.39. The maximum absolute atomic E-state index is 13.3. The monoisotopic (exact) mass is 301 g/mol. The molecule has 1 saturated heterocycles. The molecule has 1 fully saturated rings. The van der Waals surface area contributed by atoms with Crippen molar-refractivity contribution < 1.29 is 9.18 Å². The van der Waals surface area contributed by atoms with Crippen LogP contribution >= 0.6 is 0 Å². The molecule has 22 heavy (non-hydrogen) atoms. The van der Waals surface area contributed by atoms with Crippen molar-refractivity contribution in [2.24, 2.45) is 5.92 Å². The minimum absolute atomic E-state index is 0.161. The first-order chi connectivity index (χ1) is 10.6. The third-order valence-corrected chi connectivity index (χ3v) is 4.35. The summed E-state index contributed by atoms with van der Waals surface area (Å²) >= 11 is 0. The van der Waals surface area contributed by atoms with Crippen LogP contribution < -0.4 is 5.32 Å². The third-order valence-electron chi connectivity index (χ3n) is 4.35. The van der Waals surface area contributed by atoms with Crippen LogP contribution in [0.5, 0.6) is 0 Å². The highest BCUT2D eigenvalue weighted by Crippen LogP contribution is 2.24. The minimum atomic E-state index is -0.270. The van der Waals surface area contributed by atoms with E-state index < -0.39 is 0 Å². The van der Waals surface area contributed by atoms with E-state index in [9.17, 15) is 9.18 Å². The Hall–Kier alpha value is -2.17. The van der Waals surface area contributed by atoms with E-state index in [0.29, 0.717) is 11.4 Å². The lowest BCUT2D eigenvalue weighted by Crippen LogP contribution is -2.38. The Balaban J connectivity index is 1.64. The second kappa shape index (κ2) is 6.30. The van der Waals surface area contributed by atoms with Gasteiger partial charge in [-0.05, 0) is 37.0 Å². The topological polar surface area (TPSA) is 45.2 Å². The highest BCUT2D eigenvalue weighted by atomic mass is 19.1. The first-order valence-electron chi connectivity index (χ1n) is 7.67. The van der Waals surface area contributed by atoms with Crippen LogP contribution in [0.25, 0.3) is 10.9 Å². The summed E-state index contributed by atoms with van der Waals surface area (Å²) in [5.74, 6) is 0.446. The maximum atomic E-state index is 13.3. The summed E-state index contributed by atoms with van der Waals surface area (Å²) in [4.78, 5) is 17.4. The zero-order chi connectivity index (χ0) is 15.5. The number of benzene rings is 1. The van der Waals surface area contributed by atoms with Gasteiger partial charge in [-0.15, -0.1) is 0 Å². The molecule has 1 N–H and O–H groups in total. The molecule has 2 heterocycles. The van der Waals surface area contributed by atoms with Gasteiger partial charge in [0, 0.05) is 49.9 Å². The number of halogens is 1. The highest BCUT2D eigenvalue weighted by molar-refractivity contribution is 5.90. The summed E-state index contributed by atoms with van der Waals surface area (Å²) in [6, 6.07) is 6.59. The van der Waals surface area contributed by atoms with E-state index in [1.165, 1.54) is 12.1 Å². The number of nitrogens with zero attached hydrogens (tertiary/aromatic N) is 2. The normalized spacial score (nSPS) is 16.0. The average Bonchev–Trinajstić information content (AvgIpc) is 2.52. The lowest BCUT2D eigenvalue weighted by molar-refractivity contribution is -0.130. The van der Waals surface area contributed by atoms with Crippen molar-refractivity contribution in [2.45, 2.75) is 19.8 Å². The van der Waals surface area contributed by atoms with Gasteiger partial charge in [0.1, 0.15) is 5.82 Å². The Bertz CT molecular complexity index is 681. The number of nitrogens with one attached hydrogen (secondary N) is 1. The fraction of sp³-hybridized carbons (Fsp3) is 0.412. The molecule has 1 aromatic heterocycles. The molecule has 0 bridgehead atoms. The van der Waals surface area contributed by atoms with Gasteiger partial charge in [-0.3, -0.25) is 9.78 Å². The first kappa shape index (κ1) is 14.8. The van der Waals surface area contributed by atoms with E-state index in [0.717, 1.165) is 43.5 Å². The molecule has 1 amide bonds. The van der Waals surface area contributed by atoms with Crippen molar-refractivity contribution >= 4 is 22.5 Å². The first-order valence-corrected chi connectivity index (χ1v) is 7.67. The van der Waals surface area contributed by atoms with Crippen LogP contribution in [-0.4, -0.2) is 35.4 Å². The fourth-order valence-corrected chi connectivity index (χ4v) is 2.98. The standard InChI is InChI=1S/C17H20FN3O/c1-12(22)21-8-5-13(6-9-21)11-20-16-4-7-19-17-10-14(18)2-3-15(16)17/h2-4,7,10,13H,5-6,8-9,11H2,1H3,(H,19,20). The number of carbonyl (C=O) groups is 1. The van der Waals surface area contributed by atoms with E-state index in [2.05, 4.69) is 10.3 Å². The molecule has 0 spiro atoms. The molecule has 3 rings (SSSR count). The molecule has 4 nitrogen and oxygen atoms in total. The second-order valence-corrected chi connectivity index (χ2v) is 5.85. The molecule has 116 valence electrons. The van der Waals surface area contributed by atoms with Crippen LogP contribution in [-0.2, 0) is 4.79 Å². The maximum Gasteiger partial charge on any atom is 0.219 e. The summed E-state index contributed by atoms with van der Waals surface area (Å²) in [7, 11) is 0. The Kier molecular flexibility index (Phi) is 4.22. The van der Waals surface area contributed by atoms with Crippen LogP contribution in [0.4, 0.5) is 10.1 Å². The van der Waals surface area contributed by atoms with Crippen molar-refractivity contribution in [2.75, 3.05) is 25.0 Å². The van der Waals surface area contributed by atoms with Crippen LogP contribution in [0.15, 0.2) is 30.5 Å². The fourth-order valence-electron chi connectivity index (χ4n) is 2.98. The predicted octanol–water partition coefficient (Wildman–Crippen LogP) is 3.04. The summed E-state index contributed by atoms with van der Waals surface area (Å²) in [6.07, 6.45) is 3.73. The van der Waals surface area contributed by atoms with Gasteiger partial charge in [0.25, 0.3) is 0 Å². The van der Waals surface area contributed by atoms with Crippen LogP contribution in [0.2, 0.25) is 0 Å². The lowest BCUT2D eigenvalue weighted by Gasteiger charge is -2.31. The number of rotatable bonds is 3. The smallest absolute Gasteiger partial charge is 0.219 e. The van der Waals surface area contributed by atoms with Gasteiger partial charge in [0.15, 0.2) is 0 Å². The van der Waals surface area contributed by atoms with Gasteiger partial charge in [-0.25, -0.2) is 4.39 Å². The molecule has 5 heteroatoms. The Morgan fingerprint density at radius 1 is 1.36 bits per heavy atom. The van der Waals surface area contributed by atoms with Gasteiger partial charge >= 0.3 is 0 Å². The Labute approximate surface area is 129 Å². The van der Waals surface area contributed by atoms with E-state index in [1.807, 2.05) is 11.0 Å². The summed E-state index contributed by atoms with van der Waals surface area (Å²) < 4.78 is 13.3. The zero-order valence-electron chi connectivity index (χ0n) is 12.7. The number of carbonyl (C=O) groups excluding carboxylic acids is 1. The third kappa shape index (κ3) is 3.18. The summed E-state index contributed by atoms with van der Waals surface area (Å²) in [5.41, 5.74) is 1.65. The minimum Gasteiger partial charge on any atom is -0.384 e. The number of hydrogen-bond acceptors (Lipinski definition) is 3. The second-order valence-electron chi connectivity index (χ2n) is 5.85. The number of likely N-dealkylation sites (tertiary alicyclic amines) is 1. The van der Waals surface area contributed by atoms with E-state index >= 15 is 0 Å². The van der Waals surface area contributed by atoms with Crippen molar-refractivity contribution in [3.63, 3.8) is 0 Å². The SMILES string of the molecule is CC(=O)N1CCC(CNc2ccnc3cc(F)ccc23)CC1. The molecule has 0 atom stereocenters. The van der Waals surface area contributed by atoms with Crippen LogP contribution in [0, 0.1) is 11.7 Å². The summed E-state index contributed by atoms with van der Waals surface area (Å²) in [6.45, 7) is 4.16. The van der Waals surface area contributed by atoms with Gasteiger partial charge in [0.05, 0.1) is 5.52 Å². The molecule has 1 aliphatic rings. The molecule has 0 saturated carbocycles. The van der Waals surface area contributed by atoms with Crippen molar-refractivity contribution in [1.82, 2.24) is 9.88 Å². The highest BCUT2D eigenvalue weighted by Gasteiger charge is 2.20. The molecule has 0 radical (unpaired) electrons. The molecule has 1 aromatic carbocycles. The average molecular weight is 301 g/mol. The predicted molar refractivity (Wildman–Crippen MR) is 85.2 cm³/mol. The molecule has 0 unspecified atom stereocenters.